The summed E-state index contributed by atoms with van der Waals surface area (Å²) >= 11 is 6.46. The Labute approximate surface area is 178 Å². The summed E-state index contributed by atoms with van der Waals surface area (Å²) in [6.45, 7) is 6.22. The molecule has 8 heteroatoms. The summed E-state index contributed by atoms with van der Waals surface area (Å²) in [5.41, 5.74) is 3.99. The lowest BCUT2D eigenvalue weighted by atomic mass is 9.95. The minimum atomic E-state index is 0.410. The summed E-state index contributed by atoms with van der Waals surface area (Å²) in [5.74, 6) is 1.40. The van der Waals surface area contributed by atoms with Gasteiger partial charge in [0.1, 0.15) is 17.7 Å². The molecule has 1 saturated heterocycles. The second kappa shape index (κ2) is 7.93. The van der Waals surface area contributed by atoms with Crippen molar-refractivity contribution in [2.24, 2.45) is 5.92 Å². The van der Waals surface area contributed by atoms with Crippen LogP contribution in [-0.4, -0.2) is 32.4 Å². The molecule has 4 heterocycles. The zero-order valence-electron chi connectivity index (χ0n) is 16.3. The highest BCUT2D eigenvalue weighted by Gasteiger charge is 2.21. The van der Waals surface area contributed by atoms with Crippen LogP contribution in [0.4, 0.5) is 5.95 Å². The van der Waals surface area contributed by atoms with E-state index in [2.05, 4.69) is 27.2 Å². The quantitative estimate of drug-likeness (QED) is 0.490. The third kappa shape index (κ3) is 3.46. The fourth-order valence-corrected chi connectivity index (χ4v) is 4.06. The first kappa shape index (κ1) is 18.8. The molecule has 5 rings (SSSR count). The van der Waals surface area contributed by atoms with Gasteiger partial charge in [-0.15, -0.1) is 0 Å². The maximum absolute atomic E-state index is 6.46. The van der Waals surface area contributed by atoms with Crippen LogP contribution in [0.15, 0.2) is 65.7 Å². The summed E-state index contributed by atoms with van der Waals surface area (Å²) in [7, 11) is 0. The zero-order chi connectivity index (χ0) is 20.5. The molecule has 0 radical (unpaired) electrons. The average molecular weight is 421 g/mol. The van der Waals surface area contributed by atoms with E-state index in [4.69, 9.17) is 21.0 Å². The van der Waals surface area contributed by atoms with Crippen LogP contribution in [-0.2, 0) is 0 Å². The predicted molar refractivity (Wildman–Crippen MR) is 117 cm³/mol. The molecule has 152 valence electrons. The van der Waals surface area contributed by atoms with Crippen LogP contribution >= 0.6 is 11.6 Å². The van der Waals surface area contributed by atoms with Gasteiger partial charge in [-0.25, -0.2) is 9.97 Å². The molecule has 1 aliphatic rings. The molecule has 0 bridgehead atoms. The number of halogens is 1. The third-order valence-electron chi connectivity index (χ3n) is 5.39. The van der Waals surface area contributed by atoms with Crippen molar-refractivity contribution < 1.29 is 4.42 Å². The largest absolute Gasteiger partial charge is 0.432 e. The normalized spacial score (nSPS) is 14.8. The van der Waals surface area contributed by atoms with Gasteiger partial charge in [-0.05, 0) is 38.1 Å². The van der Waals surface area contributed by atoms with Crippen molar-refractivity contribution in [1.82, 2.24) is 24.7 Å². The van der Waals surface area contributed by atoms with Crippen LogP contribution < -0.4 is 10.6 Å². The van der Waals surface area contributed by atoms with Gasteiger partial charge in [-0.1, -0.05) is 36.4 Å². The Morgan fingerprint density at radius 3 is 2.87 bits per heavy atom. The minimum absolute atomic E-state index is 0.410. The number of nitrogens with zero attached hydrogens (tertiary/aromatic N) is 4. The van der Waals surface area contributed by atoms with E-state index in [-0.39, 0.29) is 0 Å². The Balaban J connectivity index is 1.54. The zero-order valence-corrected chi connectivity index (χ0v) is 17.1. The predicted octanol–water partition coefficient (Wildman–Crippen LogP) is 4.63. The maximum atomic E-state index is 6.46. The molecule has 30 heavy (non-hydrogen) atoms. The van der Waals surface area contributed by atoms with Crippen molar-refractivity contribution >= 4 is 23.4 Å². The van der Waals surface area contributed by atoms with E-state index >= 15 is 0 Å². The number of anilines is 1. The number of aromatic nitrogens is 4. The summed E-state index contributed by atoms with van der Waals surface area (Å²) in [5, 5.41) is 7.29. The van der Waals surface area contributed by atoms with Gasteiger partial charge in [0, 0.05) is 29.6 Å². The molecule has 3 aromatic heterocycles. The van der Waals surface area contributed by atoms with Crippen LogP contribution in [0.25, 0.3) is 28.5 Å². The van der Waals surface area contributed by atoms with E-state index in [1.54, 1.807) is 12.5 Å². The van der Waals surface area contributed by atoms with Crippen molar-refractivity contribution in [3.05, 3.63) is 66.3 Å². The summed E-state index contributed by atoms with van der Waals surface area (Å²) in [6.07, 6.45) is 7.26. The van der Waals surface area contributed by atoms with Gasteiger partial charge in [0.25, 0.3) is 0 Å². The topological polar surface area (TPSA) is 80.3 Å². The maximum Gasteiger partial charge on any atom is 0.306 e. The van der Waals surface area contributed by atoms with Crippen LogP contribution in [0.3, 0.4) is 0 Å². The third-order valence-corrected chi connectivity index (χ3v) is 5.72. The lowest BCUT2D eigenvalue weighted by molar-refractivity contribution is 0.422. The standard InChI is InChI=1S/C22H21ClN6O/c1-14(15-6-9-24-10-7-15)26-21-25-11-8-18(27-21)20-19(16-4-2-3-5-17(16)23)28-22-29(20)12-13-30-22/h2-5,8,11-13,15,24H,1,6-7,9-10H2,(H,25,26,27). The van der Waals surface area contributed by atoms with E-state index in [9.17, 15) is 0 Å². The molecular formula is C22H21ClN6O. The molecule has 1 aromatic carbocycles. The molecule has 0 amide bonds. The number of hydrogen-bond acceptors (Lipinski definition) is 6. The highest BCUT2D eigenvalue weighted by molar-refractivity contribution is 6.33. The molecule has 0 saturated carbocycles. The Kier molecular flexibility index (Phi) is 4.98. The van der Waals surface area contributed by atoms with Crippen molar-refractivity contribution in [2.75, 3.05) is 18.4 Å². The first-order valence-electron chi connectivity index (χ1n) is 9.91. The monoisotopic (exact) mass is 420 g/mol. The van der Waals surface area contributed by atoms with Crippen molar-refractivity contribution in [2.45, 2.75) is 12.8 Å². The number of piperidine rings is 1. The molecule has 7 nitrogen and oxygen atoms in total. The van der Waals surface area contributed by atoms with Gasteiger partial charge in [0.2, 0.25) is 5.95 Å². The van der Waals surface area contributed by atoms with Crippen LogP contribution in [0.5, 0.6) is 0 Å². The van der Waals surface area contributed by atoms with Crippen LogP contribution in [0.2, 0.25) is 5.02 Å². The number of allylic oxidation sites excluding steroid dienone is 1. The number of nitrogens with one attached hydrogen (secondary N) is 2. The van der Waals surface area contributed by atoms with Gasteiger partial charge in [-0.3, -0.25) is 4.40 Å². The first-order valence-corrected chi connectivity index (χ1v) is 10.3. The number of oxazole rings is 1. The number of rotatable bonds is 5. The van der Waals surface area contributed by atoms with Gasteiger partial charge >= 0.3 is 5.84 Å². The molecule has 2 N–H and O–H groups in total. The summed E-state index contributed by atoms with van der Waals surface area (Å²) in [4.78, 5) is 13.8. The van der Waals surface area contributed by atoms with E-state index in [1.807, 2.05) is 40.9 Å². The molecule has 0 atom stereocenters. The smallest absolute Gasteiger partial charge is 0.306 e. The molecule has 0 unspecified atom stereocenters. The fraction of sp³-hybridized carbons (Fsp3) is 0.227. The minimum Gasteiger partial charge on any atom is -0.432 e. The van der Waals surface area contributed by atoms with Crippen LogP contribution in [0, 0.1) is 5.92 Å². The average Bonchev–Trinajstić information content (AvgIpc) is 3.36. The van der Waals surface area contributed by atoms with Crippen molar-refractivity contribution in [3.8, 4) is 22.6 Å². The Hall–Kier alpha value is -3.16. The Morgan fingerprint density at radius 1 is 1.20 bits per heavy atom. The van der Waals surface area contributed by atoms with E-state index in [1.165, 1.54) is 0 Å². The van der Waals surface area contributed by atoms with E-state index < -0.39 is 0 Å². The van der Waals surface area contributed by atoms with E-state index in [0.717, 1.165) is 48.6 Å². The number of hydrogen-bond donors (Lipinski definition) is 2. The molecular weight excluding hydrogens is 400 g/mol. The van der Waals surface area contributed by atoms with Gasteiger partial charge in [0.05, 0.1) is 10.7 Å². The molecule has 1 fully saturated rings. The van der Waals surface area contributed by atoms with Crippen LogP contribution in [0.1, 0.15) is 12.8 Å². The highest BCUT2D eigenvalue weighted by atomic mass is 35.5. The lowest BCUT2D eigenvalue weighted by Gasteiger charge is -2.24. The fourth-order valence-electron chi connectivity index (χ4n) is 3.84. The number of fused-ring (bicyclic) bond motifs is 1. The van der Waals surface area contributed by atoms with E-state index in [0.29, 0.717) is 28.4 Å². The highest BCUT2D eigenvalue weighted by Crippen LogP contribution is 2.36. The molecule has 0 aliphatic carbocycles. The second-order valence-electron chi connectivity index (χ2n) is 7.28. The van der Waals surface area contributed by atoms with Gasteiger partial charge in [0.15, 0.2) is 0 Å². The summed E-state index contributed by atoms with van der Waals surface area (Å²) in [6, 6.07) is 9.47. The lowest BCUT2D eigenvalue weighted by Crippen LogP contribution is -2.30. The Bertz CT molecular complexity index is 1210. The Morgan fingerprint density at radius 2 is 2.03 bits per heavy atom. The van der Waals surface area contributed by atoms with Gasteiger partial charge < -0.3 is 15.1 Å². The van der Waals surface area contributed by atoms with Gasteiger partial charge in [-0.2, -0.15) is 4.98 Å². The number of benzene rings is 1. The SMILES string of the molecule is C=C(Nc1nccc(-c2c(-c3ccccc3Cl)nc3occn23)n1)C1CCNCC1. The second-order valence-corrected chi connectivity index (χ2v) is 7.69. The number of imidazole rings is 1. The molecule has 1 aliphatic heterocycles. The van der Waals surface area contributed by atoms with Crippen molar-refractivity contribution in [3.63, 3.8) is 0 Å². The molecule has 0 spiro atoms. The first-order chi connectivity index (χ1) is 14.7. The summed E-state index contributed by atoms with van der Waals surface area (Å²) < 4.78 is 7.39. The van der Waals surface area contributed by atoms with Crippen molar-refractivity contribution in [1.29, 1.82) is 0 Å². The molecule has 4 aromatic rings.